The van der Waals surface area contributed by atoms with Gasteiger partial charge in [0, 0.05) is 18.5 Å². The molecule has 1 aromatic rings. The fraction of sp³-hybridized carbons (Fsp3) is 0.600. The molecule has 0 unspecified atom stereocenters. The quantitative estimate of drug-likeness (QED) is 0.872. The van der Waals surface area contributed by atoms with Gasteiger partial charge in [0.1, 0.15) is 0 Å². The first-order valence-electron chi connectivity index (χ1n) is 9.26. The van der Waals surface area contributed by atoms with Crippen molar-refractivity contribution in [3.63, 3.8) is 0 Å². The molecule has 3 rings (SSSR count). The summed E-state index contributed by atoms with van der Waals surface area (Å²) >= 11 is 0. The molecule has 2 saturated carbocycles. The van der Waals surface area contributed by atoms with Gasteiger partial charge in [0.05, 0.1) is 6.54 Å². The van der Waals surface area contributed by atoms with Crippen LogP contribution in [0.1, 0.15) is 56.1 Å². The van der Waals surface area contributed by atoms with E-state index >= 15 is 0 Å². The maximum atomic E-state index is 12.6. The van der Waals surface area contributed by atoms with Gasteiger partial charge in [0.15, 0.2) is 0 Å². The van der Waals surface area contributed by atoms with Crippen LogP contribution in [0.4, 0.5) is 0 Å². The Balaban J connectivity index is 1.52. The number of amides is 2. The Bertz CT molecular complexity index is 572. The molecular formula is C20H28N2O2. The predicted octanol–water partition coefficient (Wildman–Crippen LogP) is 3.18. The highest BCUT2D eigenvalue weighted by Gasteiger charge is 2.32. The van der Waals surface area contributed by atoms with Crippen molar-refractivity contribution in [3.8, 4) is 0 Å². The Morgan fingerprint density at radius 3 is 2.33 bits per heavy atom. The second-order valence-corrected chi connectivity index (χ2v) is 7.29. The van der Waals surface area contributed by atoms with Crippen LogP contribution in [0.2, 0.25) is 0 Å². The van der Waals surface area contributed by atoms with Gasteiger partial charge in [-0.15, -0.1) is 0 Å². The lowest BCUT2D eigenvalue weighted by molar-refractivity contribution is -0.135. The molecule has 2 aliphatic rings. The summed E-state index contributed by atoms with van der Waals surface area (Å²) in [4.78, 5) is 26.8. The van der Waals surface area contributed by atoms with Gasteiger partial charge >= 0.3 is 0 Å². The van der Waals surface area contributed by atoms with Crippen LogP contribution < -0.4 is 5.32 Å². The minimum absolute atomic E-state index is 0.0437. The van der Waals surface area contributed by atoms with E-state index in [1.54, 1.807) is 0 Å². The van der Waals surface area contributed by atoms with Crippen LogP contribution in [0.25, 0.3) is 0 Å². The van der Waals surface area contributed by atoms with Crippen LogP contribution in [0, 0.1) is 12.8 Å². The van der Waals surface area contributed by atoms with Gasteiger partial charge in [0.25, 0.3) is 0 Å². The molecule has 4 nitrogen and oxygen atoms in total. The minimum atomic E-state index is 0.0437. The van der Waals surface area contributed by atoms with Gasteiger partial charge in [-0.1, -0.05) is 49.1 Å². The third-order valence-corrected chi connectivity index (χ3v) is 5.17. The molecule has 1 aromatic carbocycles. The van der Waals surface area contributed by atoms with Crippen LogP contribution in [-0.4, -0.2) is 29.3 Å². The summed E-state index contributed by atoms with van der Waals surface area (Å²) in [6, 6.07) is 8.67. The van der Waals surface area contributed by atoms with Crippen molar-refractivity contribution < 1.29 is 9.59 Å². The average molecular weight is 328 g/mol. The lowest BCUT2D eigenvalue weighted by atomic mass is 9.89. The summed E-state index contributed by atoms with van der Waals surface area (Å²) in [5.41, 5.74) is 2.38. The molecule has 0 atom stereocenters. The zero-order chi connectivity index (χ0) is 16.9. The lowest BCUT2D eigenvalue weighted by Gasteiger charge is -2.24. The van der Waals surface area contributed by atoms with Crippen molar-refractivity contribution in [2.75, 3.05) is 6.54 Å². The third-order valence-electron chi connectivity index (χ3n) is 5.17. The van der Waals surface area contributed by atoms with E-state index in [0.29, 0.717) is 12.6 Å². The molecule has 1 N–H and O–H groups in total. The number of carbonyl (C=O) groups excluding carboxylic acids is 2. The molecule has 24 heavy (non-hydrogen) atoms. The number of nitrogens with zero attached hydrogens (tertiary/aromatic N) is 1. The van der Waals surface area contributed by atoms with Crippen molar-refractivity contribution in [3.05, 3.63) is 35.4 Å². The number of hydrogen-bond donors (Lipinski definition) is 1. The molecule has 0 heterocycles. The molecule has 2 amide bonds. The Morgan fingerprint density at radius 2 is 1.71 bits per heavy atom. The molecule has 0 saturated heterocycles. The van der Waals surface area contributed by atoms with E-state index in [1.807, 2.05) is 4.90 Å². The first-order valence-corrected chi connectivity index (χ1v) is 9.26. The van der Waals surface area contributed by atoms with E-state index in [0.717, 1.165) is 44.1 Å². The third kappa shape index (κ3) is 4.59. The molecule has 0 radical (unpaired) electrons. The van der Waals surface area contributed by atoms with E-state index in [4.69, 9.17) is 0 Å². The van der Waals surface area contributed by atoms with Crippen LogP contribution >= 0.6 is 0 Å². The number of carbonyl (C=O) groups is 2. The predicted molar refractivity (Wildman–Crippen MR) is 94.3 cm³/mol. The van der Waals surface area contributed by atoms with Crippen LogP contribution in [0.3, 0.4) is 0 Å². The normalized spacial score (nSPS) is 18.2. The van der Waals surface area contributed by atoms with Crippen LogP contribution in [0.5, 0.6) is 0 Å². The van der Waals surface area contributed by atoms with Gasteiger partial charge in [-0.3, -0.25) is 9.59 Å². The molecule has 0 aliphatic heterocycles. The molecule has 0 aromatic heterocycles. The summed E-state index contributed by atoms with van der Waals surface area (Å²) in [6.07, 6.45) is 7.59. The van der Waals surface area contributed by atoms with Gasteiger partial charge in [-0.05, 0) is 38.2 Å². The highest BCUT2D eigenvalue weighted by atomic mass is 16.2. The minimum Gasteiger partial charge on any atom is -0.347 e. The molecule has 130 valence electrons. The molecule has 4 heteroatoms. The topological polar surface area (TPSA) is 49.4 Å². The van der Waals surface area contributed by atoms with Crippen molar-refractivity contribution in [2.24, 2.45) is 5.92 Å². The maximum absolute atomic E-state index is 12.6. The fourth-order valence-electron chi connectivity index (χ4n) is 3.47. The summed E-state index contributed by atoms with van der Waals surface area (Å²) < 4.78 is 0. The monoisotopic (exact) mass is 328 g/mol. The van der Waals surface area contributed by atoms with Crippen molar-refractivity contribution in [2.45, 2.75) is 64.5 Å². The molecule has 2 aliphatic carbocycles. The van der Waals surface area contributed by atoms with E-state index in [2.05, 4.69) is 36.5 Å². The molecule has 2 fully saturated rings. The fourth-order valence-corrected chi connectivity index (χ4v) is 3.47. The molecule has 0 spiro atoms. The number of hydrogen-bond acceptors (Lipinski definition) is 2. The SMILES string of the molecule is Cc1ccc(CN(C(=O)CNC(=O)C2CCCCC2)C2CC2)cc1. The van der Waals surface area contributed by atoms with E-state index in [-0.39, 0.29) is 24.3 Å². The van der Waals surface area contributed by atoms with E-state index in [1.165, 1.54) is 12.0 Å². The Labute approximate surface area is 144 Å². The first-order chi connectivity index (χ1) is 11.6. The zero-order valence-electron chi connectivity index (χ0n) is 14.6. The van der Waals surface area contributed by atoms with Gasteiger partial charge < -0.3 is 10.2 Å². The second kappa shape index (κ2) is 7.82. The Hall–Kier alpha value is -1.84. The first kappa shape index (κ1) is 17.0. The maximum Gasteiger partial charge on any atom is 0.242 e. The Kier molecular flexibility index (Phi) is 5.54. The molecular weight excluding hydrogens is 300 g/mol. The number of nitrogens with one attached hydrogen (secondary N) is 1. The highest BCUT2D eigenvalue weighted by molar-refractivity contribution is 5.86. The smallest absolute Gasteiger partial charge is 0.242 e. The van der Waals surface area contributed by atoms with Crippen LogP contribution in [-0.2, 0) is 16.1 Å². The number of rotatable bonds is 6. The summed E-state index contributed by atoms with van der Waals surface area (Å²) in [5, 5.41) is 2.88. The van der Waals surface area contributed by atoms with Crippen LogP contribution in [0.15, 0.2) is 24.3 Å². The summed E-state index contributed by atoms with van der Waals surface area (Å²) in [5.74, 6) is 0.217. The standard InChI is InChI=1S/C20H28N2O2/c1-15-7-9-16(10-8-15)14-22(18-11-12-18)19(23)13-21-20(24)17-5-3-2-4-6-17/h7-10,17-18H,2-6,11-14H2,1H3,(H,21,24). The zero-order valence-corrected chi connectivity index (χ0v) is 14.6. The number of aryl methyl sites for hydroxylation is 1. The second-order valence-electron chi connectivity index (χ2n) is 7.29. The highest BCUT2D eigenvalue weighted by Crippen LogP contribution is 2.28. The van der Waals surface area contributed by atoms with Crippen molar-refractivity contribution in [1.82, 2.24) is 10.2 Å². The number of benzene rings is 1. The lowest BCUT2D eigenvalue weighted by Crippen LogP contribution is -2.42. The van der Waals surface area contributed by atoms with E-state index in [9.17, 15) is 9.59 Å². The average Bonchev–Trinajstić information content (AvgIpc) is 3.44. The van der Waals surface area contributed by atoms with Crippen molar-refractivity contribution >= 4 is 11.8 Å². The van der Waals surface area contributed by atoms with Crippen molar-refractivity contribution in [1.29, 1.82) is 0 Å². The largest absolute Gasteiger partial charge is 0.347 e. The van der Waals surface area contributed by atoms with E-state index < -0.39 is 0 Å². The van der Waals surface area contributed by atoms with Gasteiger partial charge in [-0.2, -0.15) is 0 Å². The van der Waals surface area contributed by atoms with Gasteiger partial charge in [0.2, 0.25) is 11.8 Å². The molecule has 0 bridgehead atoms. The van der Waals surface area contributed by atoms with Gasteiger partial charge in [-0.25, -0.2) is 0 Å². The summed E-state index contributed by atoms with van der Waals surface area (Å²) in [6.45, 7) is 2.84. The summed E-state index contributed by atoms with van der Waals surface area (Å²) in [7, 11) is 0. The Morgan fingerprint density at radius 1 is 1.04 bits per heavy atom.